The fourth-order valence-corrected chi connectivity index (χ4v) is 2.71. The fourth-order valence-electron chi connectivity index (χ4n) is 2.10. The molecular formula is C16H19N3O2S. The molecule has 6 heteroatoms. The van der Waals surface area contributed by atoms with Gasteiger partial charge in [-0.25, -0.2) is 4.98 Å². The van der Waals surface area contributed by atoms with Gasteiger partial charge in [0.25, 0.3) is 0 Å². The predicted molar refractivity (Wildman–Crippen MR) is 86.2 cm³/mol. The number of benzene rings is 1. The molecule has 22 heavy (non-hydrogen) atoms. The van der Waals surface area contributed by atoms with Crippen LogP contribution < -0.4 is 5.73 Å². The van der Waals surface area contributed by atoms with Gasteiger partial charge in [-0.15, -0.1) is 11.3 Å². The summed E-state index contributed by atoms with van der Waals surface area (Å²) in [5, 5.41) is 2.83. The quantitative estimate of drug-likeness (QED) is 0.847. The average molecular weight is 317 g/mol. The molecule has 0 atom stereocenters. The van der Waals surface area contributed by atoms with E-state index in [4.69, 9.17) is 5.73 Å². The summed E-state index contributed by atoms with van der Waals surface area (Å²) in [6, 6.07) is 9.69. The monoisotopic (exact) mass is 317 g/mol. The van der Waals surface area contributed by atoms with Crippen molar-refractivity contribution in [2.75, 3.05) is 6.54 Å². The van der Waals surface area contributed by atoms with Crippen LogP contribution in [0.2, 0.25) is 0 Å². The van der Waals surface area contributed by atoms with Gasteiger partial charge in [0.15, 0.2) is 0 Å². The van der Waals surface area contributed by atoms with Gasteiger partial charge in [0, 0.05) is 24.9 Å². The van der Waals surface area contributed by atoms with Crippen molar-refractivity contribution >= 4 is 23.2 Å². The number of nitrogens with two attached hydrogens (primary N) is 1. The summed E-state index contributed by atoms with van der Waals surface area (Å²) in [5.41, 5.74) is 6.99. The van der Waals surface area contributed by atoms with Crippen molar-refractivity contribution in [2.24, 2.45) is 5.73 Å². The van der Waals surface area contributed by atoms with Crippen LogP contribution >= 0.6 is 11.3 Å². The van der Waals surface area contributed by atoms with Crippen molar-refractivity contribution in [3.8, 4) is 0 Å². The maximum Gasteiger partial charge on any atom is 0.228 e. The second-order valence-corrected chi connectivity index (χ2v) is 6.11. The largest absolute Gasteiger partial charge is 0.370 e. The number of amides is 2. The van der Waals surface area contributed by atoms with E-state index in [-0.39, 0.29) is 18.7 Å². The van der Waals surface area contributed by atoms with Gasteiger partial charge < -0.3 is 10.6 Å². The first-order valence-corrected chi connectivity index (χ1v) is 7.93. The minimum Gasteiger partial charge on any atom is -0.370 e. The highest BCUT2D eigenvalue weighted by atomic mass is 32.1. The summed E-state index contributed by atoms with van der Waals surface area (Å²) >= 11 is 1.52. The number of rotatable bonds is 7. The molecule has 0 aliphatic carbocycles. The number of carbonyl (C=O) groups is 2. The molecule has 2 aromatic rings. The topological polar surface area (TPSA) is 76.3 Å². The Morgan fingerprint density at radius 3 is 2.59 bits per heavy atom. The number of primary amides is 1. The van der Waals surface area contributed by atoms with Crippen molar-refractivity contribution in [3.63, 3.8) is 0 Å². The molecule has 1 aromatic carbocycles. The van der Waals surface area contributed by atoms with Crippen molar-refractivity contribution < 1.29 is 9.59 Å². The Balaban J connectivity index is 2.05. The predicted octanol–water partition coefficient (Wildman–Crippen LogP) is 1.90. The number of hydrogen-bond donors (Lipinski definition) is 1. The Morgan fingerprint density at radius 2 is 2.00 bits per heavy atom. The van der Waals surface area contributed by atoms with Crippen molar-refractivity contribution in [1.82, 2.24) is 9.88 Å². The number of nitrogens with zero attached hydrogens (tertiary/aromatic N) is 2. The fraction of sp³-hybridized carbons (Fsp3) is 0.312. The second-order valence-electron chi connectivity index (χ2n) is 5.05. The molecule has 1 heterocycles. The van der Waals surface area contributed by atoms with Crippen LogP contribution in [0.15, 0.2) is 35.7 Å². The first-order valence-electron chi connectivity index (χ1n) is 7.05. The molecule has 0 saturated heterocycles. The molecule has 0 spiro atoms. The van der Waals surface area contributed by atoms with Crippen LogP contribution in [0.3, 0.4) is 0 Å². The first kappa shape index (κ1) is 16.2. The van der Waals surface area contributed by atoms with Gasteiger partial charge in [0.1, 0.15) is 0 Å². The van der Waals surface area contributed by atoms with E-state index in [0.717, 1.165) is 16.3 Å². The molecule has 0 saturated carbocycles. The van der Waals surface area contributed by atoms with Gasteiger partial charge in [-0.2, -0.15) is 0 Å². The molecular weight excluding hydrogens is 298 g/mol. The van der Waals surface area contributed by atoms with E-state index < -0.39 is 5.91 Å². The Morgan fingerprint density at radius 1 is 1.27 bits per heavy atom. The number of aryl methyl sites for hydroxylation is 1. The average Bonchev–Trinajstić information content (AvgIpc) is 2.89. The van der Waals surface area contributed by atoms with E-state index >= 15 is 0 Å². The van der Waals surface area contributed by atoms with E-state index in [1.807, 2.05) is 42.6 Å². The zero-order valence-electron chi connectivity index (χ0n) is 12.5. The molecule has 0 unspecified atom stereocenters. The minimum absolute atomic E-state index is 0.0459. The van der Waals surface area contributed by atoms with Crippen LogP contribution in [0.1, 0.15) is 22.7 Å². The van der Waals surface area contributed by atoms with Gasteiger partial charge in [0.2, 0.25) is 11.8 Å². The summed E-state index contributed by atoms with van der Waals surface area (Å²) in [5.74, 6) is -0.453. The van der Waals surface area contributed by atoms with Gasteiger partial charge >= 0.3 is 0 Å². The van der Waals surface area contributed by atoms with Crippen LogP contribution in [0.25, 0.3) is 0 Å². The van der Waals surface area contributed by atoms with E-state index in [0.29, 0.717) is 13.1 Å². The lowest BCUT2D eigenvalue weighted by molar-refractivity contribution is -0.131. The van der Waals surface area contributed by atoms with Crippen LogP contribution in [0, 0.1) is 6.92 Å². The Bertz CT molecular complexity index is 640. The number of hydrogen-bond acceptors (Lipinski definition) is 4. The summed E-state index contributed by atoms with van der Waals surface area (Å²) in [6.45, 7) is 2.70. The molecule has 0 aliphatic heterocycles. The number of carbonyl (C=O) groups excluding carboxylic acids is 2. The molecule has 1 aromatic heterocycles. The SMILES string of the molecule is Cc1nc(CC(=O)N(CCC(N)=O)Cc2ccccc2)cs1. The van der Waals surface area contributed by atoms with Crippen molar-refractivity contribution in [2.45, 2.75) is 26.3 Å². The van der Waals surface area contributed by atoms with Gasteiger partial charge in [-0.3, -0.25) is 9.59 Å². The van der Waals surface area contributed by atoms with Gasteiger partial charge in [0.05, 0.1) is 17.1 Å². The van der Waals surface area contributed by atoms with Crippen LogP contribution in [-0.2, 0) is 22.6 Å². The molecule has 5 nitrogen and oxygen atoms in total. The Kier molecular flexibility index (Phi) is 5.66. The highest BCUT2D eigenvalue weighted by Crippen LogP contribution is 2.12. The lowest BCUT2D eigenvalue weighted by Crippen LogP contribution is -2.34. The zero-order valence-corrected chi connectivity index (χ0v) is 13.3. The van der Waals surface area contributed by atoms with E-state index in [1.165, 1.54) is 11.3 Å². The third-order valence-electron chi connectivity index (χ3n) is 3.20. The lowest BCUT2D eigenvalue weighted by Gasteiger charge is -2.22. The highest BCUT2D eigenvalue weighted by Gasteiger charge is 2.16. The standard InChI is InChI=1S/C16H19N3O2S/c1-12-18-14(11-22-12)9-16(21)19(8-7-15(17)20)10-13-5-3-2-4-6-13/h2-6,11H,7-10H2,1H3,(H2,17,20). The molecule has 2 N–H and O–H groups in total. The Hall–Kier alpha value is -2.21. The molecule has 0 radical (unpaired) electrons. The lowest BCUT2D eigenvalue weighted by atomic mass is 10.2. The summed E-state index contributed by atoms with van der Waals surface area (Å²) < 4.78 is 0. The van der Waals surface area contributed by atoms with Crippen molar-refractivity contribution in [3.05, 3.63) is 52.0 Å². The van der Waals surface area contributed by atoms with E-state index in [1.54, 1.807) is 4.90 Å². The van der Waals surface area contributed by atoms with E-state index in [9.17, 15) is 9.59 Å². The third-order valence-corrected chi connectivity index (χ3v) is 4.02. The zero-order chi connectivity index (χ0) is 15.9. The van der Waals surface area contributed by atoms with Crippen LogP contribution in [0.5, 0.6) is 0 Å². The van der Waals surface area contributed by atoms with Gasteiger partial charge in [-0.1, -0.05) is 30.3 Å². The number of thiazole rings is 1. The van der Waals surface area contributed by atoms with Gasteiger partial charge in [-0.05, 0) is 12.5 Å². The summed E-state index contributed by atoms with van der Waals surface area (Å²) in [7, 11) is 0. The highest BCUT2D eigenvalue weighted by molar-refractivity contribution is 7.09. The molecule has 116 valence electrons. The smallest absolute Gasteiger partial charge is 0.228 e. The summed E-state index contributed by atoms with van der Waals surface area (Å²) in [4.78, 5) is 29.5. The van der Waals surface area contributed by atoms with Crippen LogP contribution in [0.4, 0.5) is 0 Å². The second kappa shape index (κ2) is 7.70. The normalized spacial score (nSPS) is 10.4. The first-order chi connectivity index (χ1) is 10.5. The maximum atomic E-state index is 12.5. The molecule has 0 fully saturated rings. The number of aromatic nitrogens is 1. The third kappa shape index (κ3) is 4.96. The van der Waals surface area contributed by atoms with Crippen LogP contribution in [-0.4, -0.2) is 28.2 Å². The minimum atomic E-state index is -0.407. The molecule has 0 aliphatic rings. The molecule has 2 amide bonds. The maximum absolute atomic E-state index is 12.5. The molecule has 2 rings (SSSR count). The van der Waals surface area contributed by atoms with Crippen molar-refractivity contribution in [1.29, 1.82) is 0 Å². The van der Waals surface area contributed by atoms with E-state index in [2.05, 4.69) is 4.98 Å². The Labute approximate surface area is 133 Å². The summed E-state index contributed by atoms with van der Waals surface area (Å²) in [6.07, 6.45) is 0.407. The molecule has 0 bridgehead atoms.